The number of hydrogen-bond acceptors (Lipinski definition) is 0. The summed E-state index contributed by atoms with van der Waals surface area (Å²) >= 11 is 0. The van der Waals surface area contributed by atoms with Crippen LogP contribution in [0.2, 0.25) is 23.2 Å². The van der Waals surface area contributed by atoms with Crippen LogP contribution in [0, 0.1) is 11.6 Å². The Labute approximate surface area is 205 Å². The zero-order valence-electron chi connectivity index (χ0n) is 20.9. The van der Waals surface area contributed by atoms with Crippen molar-refractivity contribution in [2.24, 2.45) is 0 Å². The number of halogens is 3. The van der Waals surface area contributed by atoms with E-state index in [-0.39, 0.29) is 0 Å². The van der Waals surface area contributed by atoms with Gasteiger partial charge in [-0.1, -0.05) is 93.9 Å². The summed E-state index contributed by atoms with van der Waals surface area (Å²) in [6.07, 6.45) is 14.2. The van der Waals surface area contributed by atoms with Crippen LogP contribution in [0.25, 0.3) is 11.1 Å². The Kier molecular flexibility index (Phi) is 8.60. The highest BCUT2D eigenvalue weighted by atomic mass is 28.3. The van der Waals surface area contributed by atoms with Crippen LogP contribution in [-0.4, -0.2) is 14.2 Å². The second-order valence-corrected chi connectivity index (χ2v) is 16.2. The van der Waals surface area contributed by atoms with E-state index in [9.17, 15) is 13.2 Å². The van der Waals surface area contributed by atoms with Gasteiger partial charge in [-0.05, 0) is 72.4 Å². The van der Waals surface area contributed by atoms with Crippen LogP contribution in [0.15, 0.2) is 42.5 Å². The lowest BCUT2D eigenvalue weighted by Crippen LogP contribution is -2.51. The molecule has 186 valence electrons. The molecule has 1 aliphatic carbocycles. The van der Waals surface area contributed by atoms with Crippen molar-refractivity contribution in [2.45, 2.75) is 113 Å². The van der Waals surface area contributed by atoms with Crippen LogP contribution in [0.5, 0.6) is 0 Å². The fourth-order valence-electron chi connectivity index (χ4n) is 7.09. The van der Waals surface area contributed by atoms with Crippen LogP contribution in [0.3, 0.4) is 0 Å². The van der Waals surface area contributed by atoms with Crippen molar-refractivity contribution >= 4 is 8.07 Å². The highest BCUT2D eigenvalue weighted by Crippen LogP contribution is 2.60. The van der Waals surface area contributed by atoms with Crippen LogP contribution >= 0.6 is 0 Å². The molecule has 1 saturated heterocycles. The quantitative estimate of drug-likeness (QED) is 0.244. The van der Waals surface area contributed by atoms with Gasteiger partial charge in [-0.25, -0.2) is 13.2 Å². The molecule has 1 aliphatic heterocycles. The Bertz CT molecular complexity index is 909. The van der Waals surface area contributed by atoms with Crippen LogP contribution in [-0.2, 0) is 6.42 Å². The molecule has 0 radical (unpaired) electrons. The molecule has 0 spiro atoms. The standard InChI is InChI=1S/C30H41F3Si/c1-2-3-5-17-30(18-6-4-7-19-30)34(21-15-27(31)16-22-34)20-14-24-8-10-25(11-9-24)26-12-13-28(32)29(33)23-26/h8-13,23,27H,2-7,14-22H2,1H3. The van der Waals surface area contributed by atoms with Crippen molar-refractivity contribution in [1.82, 2.24) is 0 Å². The Hall–Kier alpha value is -1.55. The molecule has 1 saturated carbocycles. The van der Waals surface area contributed by atoms with E-state index in [0.29, 0.717) is 10.6 Å². The molecule has 0 amide bonds. The van der Waals surface area contributed by atoms with E-state index in [4.69, 9.17) is 0 Å². The minimum Gasteiger partial charge on any atom is -0.248 e. The molecule has 4 rings (SSSR count). The van der Waals surface area contributed by atoms with Crippen molar-refractivity contribution in [1.29, 1.82) is 0 Å². The van der Waals surface area contributed by atoms with Gasteiger partial charge in [0.2, 0.25) is 0 Å². The third-order valence-corrected chi connectivity index (χ3v) is 15.9. The monoisotopic (exact) mass is 486 g/mol. The lowest BCUT2D eigenvalue weighted by Gasteiger charge is -2.55. The minimum absolute atomic E-state index is 0.520. The van der Waals surface area contributed by atoms with Gasteiger partial charge in [-0.2, -0.15) is 0 Å². The Morgan fingerprint density at radius 1 is 0.853 bits per heavy atom. The normalized spacial score (nSPS) is 24.8. The molecule has 4 heteroatoms. The van der Waals surface area contributed by atoms with Crippen molar-refractivity contribution in [3.8, 4) is 11.1 Å². The first kappa shape index (κ1) is 25.5. The largest absolute Gasteiger partial charge is 0.248 e. The molecular weight excluding hydrogens is 445 g/mol. The first-order valence-corrected chi connectivity index (χ1v) is 16.3. The topological polar surface area (TPSA) is 0 Å². The second kappa shape index (κ2) is 11.5. The molecule has 0 unspecified atom stereocenters. The molecule has 2 aromatic rings. The van der Waals surface area contributed by atoms with Gasteiger partial charge in [-0.15, -0.1) is 0 Å². The lowest BCUT2D eigenvalue weighted by molar-refractivity contribution is 0.282. The van der Waals surface area contributed by atoms with Gasteiger partial charge < -0.3 is 0 Å². The highest BCUT2D eigenvalue weighted by Gasteiger charge is 2.53. The maximum absolute atomic E-state index is 14.3. The molecule has 2 fully saturated rings. The van der Waals surface area contributed by atoms with E-state index >= 15 is 0 Å². The van der Waals surface area contributed by atoms with Gasteiger partial charge in [0.25, 0.3) is 0 Å². The zero-order chi connectivity index (χ0) is 24.0. The van der Waals surface area contributed by atoms with Gasteiger partial charge in [0.1, 0.15) is 0 Å². The Morgan fingerprint density at radius 2 is 1.53 bits per heavy atom. The molecular formula is C30H41F3Si. The predicted octanol–water partition coefficient (Wildman–Crippen LogP) is 10.0. The first-order valence-electron chi connectivity index (χ1n) is 13.7. The second-order valence-electron chi connectivity index (χ2n) is 11.1. The van der Waals surface area contributed by atoms with E-state index in [1.165, 1.54) is 93.6 Å². The third kappa shape index (κ3) is 5.64. The van der Waals surface area contributed by atoms with E-state index in [1.807, 2.05) is 12.1 Å². The molecule has 0 aromatic heterocycles. The summed E-state index contributed by atoms with van der Waals surface area (Å²) in [4.78, 5) is 0. The van der Waals surface area contributed by atoms with Gasteiger partial charge in [0.15, 0.2) is 11.6 Å². The van der Waals surface area contributed by atoms with Crippen LogP contribution in [0.1, 0.15) is 83.1 Å². The lowest BCUT2D eigenvalue weighted by atomic mass is 9.84. The maximum Gasteiger partial charge on any atom is 0.159 e. The number of rotatable bonds is 9. The smallest absolute Gasteiger partial charge is 0.159 e. The molecule has 0 nitrogen and oxygen atoms in total. The fourth-order valence-corrected chi connectivity index (χ4v) is 14.1. The first-order chi connectivity index (χ1) is 16.5. The van der Waals surface area contributed by atoms with E-state index in [0.717, 1.165) is 24.8 Å². The molecule has 0 N–H and O–H groups in total. The predicted molar refractivity (Wildman–Crippen MR) is 140 cm³/mol. The minimum atomic E-state index is -1.63. The molecule has 1 heterocycles. The number of alkyl halides is 1. The van der Waals surface area contributed by atoms with Crippen LogP contribution < -0.4 is 0 Å². The zero-order valence-corrected chi connectivity index (χ0v) is 21.9. The highest BCUT2D eigenvalue weighted by molar-refractivity contribution is 6.83. The van der Waals surface area contributed by atoms with Gasteiger partial charge >= 0.3 is 0 Å². The Morgan fingerprint density at radius 3 is 2.18 bits per heavy atom. The van der Waals surface area contributed by atoms with Crippen molar-refractivity contribution in [2.75, 3.05) is 0 Å². The summed E-state index contributed by atoms with van der Waals surface area (Å²) in [6, 6.07) is 16.1. The van der Waals surface area contributed by atoms with Crippen molar-refractivity contribution in [3.05, 3.63) is 59.7 Å². The van der Waals surface area contributed by atoms with E-state index < -0.39 is 25.9 Å². The van der Waals surface area contributed by atoms with Gasteiger partial charge in [-0.3, -0.25) is 0 Å². The summed E-state index contributed by atoms with van der Waals surface area (Å²) in [5, 5.41) is 0.520. The number of hydrogen-bond donors (Lipinski definition) is 0. The molecule has 34 heavy (non-hydrogen) atoms. The van der Waals surface area contributed by atoms with Crippen LogP contribution in [0.4, 0.5) is 13.2 Å². The van der Waals surface area contributed by atoms with Gasteiger partial charge in [0, 0.05) is 0 Å². The fraction of sp³-hybridized carbons (Fsp3) is 0.600. The average Bonchev–Trinajstić information content (AvgIpc) is 2.87. The summed E-state index contributed by atoms with van der Waals surface area (Å²) in [5.41, 5.74) is 2.94. The van der Waals surface area contributed by atoms with Gasteiger partial charge in [0.05, 0.1) is 14.2 Å². The molecule has 0 atom stereocenters. The third-order valence-electron chi connectivity index (χ3n) is 9.17. The Balaban J connectivity index is 1.52. The van der Waals surface area contributed by atoms with E-state index in [2.05, 4.69) is 19.1 Å². The summed E-state index contributed by atoms with van der Waals surface area (Å²) in [7, 11) is -1.63. The van der Waals surface area contributed by atoms with E-state index in [1.54, 1.807) is 6.07 Å². The molecule has 2 aromatic carbocycles. The SMILES string of the molecule is CCCCCC1([Si]2(CCc3ccc(-c4ccc(F)c(F)c4)cc3)CCC(F)CC2)CCCCC1. The summed E-state index contributed by atoms with van der Waals surface area (Å²) in [6.45, 7) is 2.29. The number of benzene rings is 2. The van der Waals surface area contributed by atoms with Crippen molar-refractivity contribution in [3.63, 3.8) is 0 Å². The summed E-state index contributed by atoms with van der Waals surface area (Å²) < 4.78 is 41.3. The number of unbranched alkanes of at least 4 members (excludes halogenated alkanes) is 2. The number of aryl methyl sites for hydroxylation is 1. The molecule has 0 bridgehead atoms. The van der Waals surface area contributed by atoms with Crippen molar-refractivity contribution < 1.29 is 13.2 Å². The average molecular weight is 487 g/mol. The molecule has 2 aliphatic rings. The summed E-state index contributed by atoms with van der Waals surface area (Å²) in [5.74, 6) is -1.62. The maximum atomic E-state index is 14.3.